The highest BCUT2D eigenvalue weighted by Crippen LogP contribution is 2.26. The van der Waals surface area contributed by atoms with Gasteiger partial charge < -0.3 is 6.15 Å². The van der Waals surface area contributed by atoms with E-state index in [1.54, 1.807) is 16.7 Å². The molecule has 2 heteroatoms. The standard InChI is InChI=1S/C19H31Br.H3N/c1-4-7-10-16-13-14-17(15-20)19(12-9-6-3)18(16)11-8-5-2;/h13-14H,4-12,15H2,1-3H3;1H3. The molecule has 0 amide bonds. The van der Waals surface area contributed by atoms with Crippen molar-refractivity contribution in [3.8, 4) is 0 Å². The number of halogens is 1. The van der Waals surface area contributed by atoms with Gasteiger partial charge in [-0.05, 0) is 60.8 Å². The molecule has 122 valence electrons. The van der Waals surface area contributed by atoms with Crippen LogP contribution >= 0.6 is 15.9 Å². The predicted octanol–water partition coefficient (Wildman–Crippen LogP) is 6.77. The van der Waals surface area contributed by atoms with E-state index in [-0.39, 0.29) is 6.15 Å². The molecule has 21 heavy (non-hydrogen) atoms. The fourth-order valence-corrected chi connectivity index (χ4v) is 3.37. The second-order valence-electron chi connectivity index (χ2n) is 5.79. The molecule has 0 spiro atoms. The molecule has 0 saturated heterocycles. The largest absolute Gasteiger partial charge is 0.344 e. The average molecular weight is 356 g/mol. The number of aryl methyl sites for hydroxylation is 1. The van der Waals surface area contributed by atoms with Crippen molar-refractivity contribution in [2.24, 2.45) is 0 Å². The minimum absolute atomic E-state index is 0. The van der Waals surface area contributed by atoms with Gasteiger partial charge in [0.05, 0.1) is 0 Å². The molecule has 0 radical (unpaired) electrons. The van der Waals surface area contributed by atoms with Gasteiger partial charge >= 0.3 is 0 Å². The van der Waals surface area contributed by atoms with Crippen molar-refractivity contribution < 1.29 is 0 Å². The molecule has 1 aromatic rings. The van der Waals surface area contributed by atoms with Crippen LogP contribution in [0.4, 0.5) is 0 Å². The second kappa shape index (κ2) is 12.2. The molecule has 0 bridgehead atoms. The minimum Gasteiger partial charge on any atom is -0.344 e. The summed E-state index contributed by atoms with van der Waals surface area (Å²) < 4.78 is 0. The fourth-order valence-electron chi connectivity index (χ4n) is 2.85. The summed E-state index contributed by atoms with van der Waals surface area (Å²) in [5.41, 5.74) is 6.48. The molecule has 1 nitrogen and oxygen atoms in total. The highest BCUT2D eigenvalue weighted by molar-refractivity contribution is 9.08. The van der Waals surface area contributed by atoms with Gasteiger partial charge in [-0.2, -0.15) is 0 Å². The number of hydrogen-bond donors (Lipinski definition) is 1. The van der Waals surface area contributed by atoms with Gasteiger partial charge in [-0.1, -0.05) is 68.1 Å². The molecule has 0 fully saturated rings. The van der Waals surface area contributed by atoms with E-state index >= 15 is 0 Å². The number of unbranched alkanes of at least 4 members (excludes halogenated alkanes) is 3. The summed E-state index contributed by atoms with van der Waals surface area (Å²) in [6.07, 6.45) is 11.6. The van der Waals surface area contributed by atoms with E-state index < -0.39 is 0 Å². The van der Waals surface area contributed by atoms with Crippen molar-refractivity contribution in [2.45, 2.75) is 83.9 Å². The Bertz CT molecular complexity index is 387. The Morgan fingerprint density at radius 3 is 1.62 bits per heavy atom. The van der Waals surface area contributed by atoms with Crippen molar-refractivity contribution in [2.75, 3.05) is 0 Å². The number of alkyl halides is 1. The first-order valence-electron chi connectivity index (χ1n) is 8.46. The van der Waals surface area contributed by atoms with Crippen molar-refractivity contribution >= 4 is 15.9 Å². The maximum absolute atomic E-state index is 3.68. The van der Waals surface area contributed by atoms with Crippen LogP contribution in [-0.4, -0.2) is 0 Å². The molecular weight excluding hydrogens is 322 g/mol. The van der Waals surface area contributed by atoms with Crippen LogP contribution in [0.5, 0.6) is 0 Å². The van der Waals surface area contributed by atoms with Gasteiger partial charge in [-0.15, -0.1) is 0 Å². The molecule has 1 aromatic carbocycles. The molecule has 0 heterocycles. The van der Waals surface area contributed by atoms with Crippen LogP contribution in [0.3, 0.4) is 0 Å². The maximum Gasteiger partial charge on any atom is 0.0285 e. The smallest absolute Gasteiger partial charge is 0.0285 e. The van der Waals surface area contributed by atoms with E-state index in [1.165, 1.54) is 63.4 Å². The maximum atomic E-state index is 3.68. The SMILES string of the molecule is CCCCc1ccc(CBr)c(CCCC)c1CCCC.N. The Kier molecular flexibility index (Phi) is 12.0. The van der Waals surface area contributed by atoms with Gasteiger partial charge in [0.2, 0.25) is 0 Å². The Labute approximate surface area is 140 Å². The van der Waals surface area contributed by atoms with E-state index in [4.69, 9.17) is 0 Å². The zero-order valence-electron chi connectivity index (χ0n) is 14.3. The van der Waals surface area contributed by atoms with Crippen LogP contribution in [0.2, 0.25) is 0 Å². The van der Waals surface area contributed by atoms with Crippen molar-refractivity contribution in [3.05, 3.63) is 34.4 Å². The Morgan fingerprint density at radius 1 is 0.714 bits per heavy atom. The first kappa shape index (κ1) is 20.7. The van der Waals surface area contributed by atoms with Gasteiger partial charge in [0.15, 0.2) is 0 Å². The van der Waals surface area contributed by atoms with Crippen LogP contribution in [0.15, 0.2) is 12.1 Å². The van der Waals surface area contributed by atoms with Gasteiger partial charge in [0.1, 0.15) is 0 Å². The summed E-state index contributed by atoms with van der Waals surface area (Å²) in [5.74, 6) is 0. The quantitative estimate of drug-likeness (QED) is 0.461. The average Bonchev–Trinajstić information content (AvgIpc) is 2.48. The predicted molar refractivity (Wildman–Crippen MR) is 99.9 cm³/mol. The van der Waals surface area contributed by atoms with Gasteiger partial charge in [-0.3, -0.25) is 0 Å². The summed E-state index contributed by atoms with van der Waals surface area (Å²) in [7, 11) is 0. The van der Waals surface area contributed by atoms with Gasteiger partial charge in [0, 0.05) is 5.33 Å². The lowest BCUT2D eigenvalue weighted by Gasteiger charge is -2.18. The zero-order chi connectivity index (χ0) is 14.8. The lowest BCUT2D eigenvalue weighted by Crippen LogP contribution is -2.05. The first-order chi connectivity index (χ1) is 9.78. The molecule has 0 aliphatic heterocycles. The summed E-state index contributed by atoms with van der Waals surface area (Å²) in [4.78, 5) is 0. The summed E-state index contributed by atoms with van der Waals surface area (Å²) in [6.45, 7) is 6.88. The van der Waals surface area contributed by atoms with E-state index in [2.05, 4.69) is 48.8 Å². The normalized spacial score (nSPS) is 10.5. The molecule has 0 saturated carbocycles. The molecule has 0 aliphatic rings. The molecule has 0 atom stereocenters. The van der Waals surface area contributed by atoms with Crippen LogP contribution in [0, 0.1) is 0 Å². The van der Waals surface area contributed by atoms with Gasteiger partial charge in [-0.25, -0.2) is 0 Å². The molecule has 0 aliphatic carbocycles. The van der Waals surface area contributed by atoms with Crippen molar-refractivity contribution in [1.29, 1.82) is 0 Å². The van der Waals surface area contributed by atoms with E-state index in [9.17, 15) is 0 Å². The van der Waals surface area contributed by atoms with E-state index in [1.807, 2.05) is 0 Å². The summed E-state index contributed by atoms with van der Waals surface area (Å²) in [6, 6.07) is 4.76. The first-order valence-corrected chi connectivity index (χ1v) is 9.58. The van der Waals surface area contributed by atoms with Crippen molar-refractivity contribution in [1.82, 2.24) is 6.15 Å². The van der Waals surface area contributed by atoms with Crippen LogP contribution in [0.1, 0.15) is 81.5 Å². The van der Waals surface area contributed by atoms with Crippen LogP contribution in [0.25, 0.3) is 0 Å². The molecular formula is C19H34BrN. The fraction of sp³-hybridized carbons (Fsp3) is 0.684. The molecule has 0 unspecified atom stereocenters. The number of rotatable bonds is 10. The van der Waals surface area contributed by atoms with Crippen LogP contribution < -0.4 is 6.15 Å². The number of benzene rings is 1. The summed E-state index contributed by atoms with van der Waals surface area (Å²) >= 11 is 3.68. The van der Waals surface area contributed by atoms with Gasteiger partial charge in [0.25, 0.3) is 0 Å². The van der Waals surface area contributed by atoms with Crippen molar-refractivity contribution in [3.63, 3.8) is 0 Å². The Hall–Kier alpha value is -0.340. The topological polar surface area (TPSA) is 35.0 Å². The monoisotopic (exact) mass is 355 g/mol. The third kappa shape index (κ3) is 6.52. The Morgan fingerprint density at radius 2 is 1.14 bits per heavy atom. The highest BCUT2D eigenvalue weighted by Gasteiger charge is 2.12. The molecule has 1 rings (SSSR count). The van der Waals surface area contributed by atoms with E-state index in [0.717, 1.165) is 5.33 Å². The highest BCUT2D eigenvalue weighted by atomic mass is 79.9. The third-order valence-corrected chi connectivity index (χ3v) is 4.73. The Balaban J connectivity index is 0.00000400. The minimum atomic E-state index is 0. The molecule has 0 aromatic heterocycles. The lowest BCUT2D eigenvalue weighted by atomic mass is 9.88. The molecule has 3 N–H and O–H groups in total. The van der Waals surface area contributed by atoms with E-state index in [0.29, 0.717) is 0 Å². The number of hydrogen-bond acceptors (Lipinski definition) is 1. The zero-order valence-corrected chi connectivity index (χ0v) is 15.9. The third-order valence-electron chi connectivity index (χ3n) is 4.13. The lowest BCUT2D eigenvalue weighted by molar-refractivity contribution is 0.732. The summed E-state index contributed by atoms with van der Waals surface area (Å²) in [5, 5.41) is 0.999. The van der Waals surface area contributed by atoms with Crippen LogP contribution in [-0.2, 0) is 24.6 Å². The second-order valence-corrected chi connectivity index (χ2v) is 6.35.